The number of rotatable bonds is 2. The highest BCUT2D eigenvalue weighted by Crippen LogP contribution is 2.47. The molecule has 1 aliphatic rings. The summed E-state index contributed by atoms with van der Waals surface area (Å²) in [5.74, 6) is 0.616. The summed E-state index contributed by atoms with van der Waals surface area (Å²) in [4.78, 5) is 0. The second-order valence-corrected chi connectivity index (χ2v) is 6.41. The van der Waals surface area contributed by atoms with Crippen molar-refractivity contribution in [1.82, 2.24) is 0 Å². The van der Waals surface area contributed by atoms with Gasteiger partial charge in [-0.1, -0.05) is 47.0 Å². The van der Waals surface area contributed by atoms with Gasteiger partial charge in [0, 0.05) is 0 Å². The zero-order valence-electron chi connectivity index (χ0n) is 11.1. The Morgan fingerprint density at radius 2 is 2.12 bits per heavy atom. The predicted octanol–water partition coefficient (Wildman–Crippen LogP) is 3.50. The van der Waals surface area contributed by atoms with E-state index in [0.29, 0.717) is 5.92 Å². The molecule has 2 heteroatoms. The van der Waals surface area contributed by atoms with E-state index in [2.05, 4.69) is 13.0 Å². The Labute approximate surface area is 99.7 Å². The SMILES string of the molecule is CCC1CCCC(C#N)(C(O)C(C)(C)C)C1. The van der Waals surface area contributed by atoms with Crippen LogP contribution in [0.2, 0.25) is 0 Å². The predicted molar refractivity (Wildman–Crippen MR) is 65.8 cm³/mol. The van der Waals surface area contributed by atoms with E-state index < -0.39 is 11.5 Å². The number of aliphatic hydroxyl groups excluding tert-OH is 1. The van der Waals surface area contributed by atoms with Crippen LogP contribution in [0.4, 0.5) is 0 Å². The molecule has 3 atom stereocenters. The first-order valence-electron chi connectivity index (χ1n) is 6.45. The van der Waals surface area contributed by atoms with Gasteiger partial charge in [0.1, 0.15) is 0 Å². The number of hydrogen-bond donors (Lipinski definition) is 1. The third kappa shape index (κ3) is 2.58. The molecule has 0 aromatic heterocycles. The summed E-state index contributed by atoms with van der Waals surface area (Å²) in [5, 5.41) is 19.9. The second-order valence-electron chi connectivity index (χ2n) is 6.41. The van der Waals surface area contributed by atoms with Crippen LogP contribution in [0.25, 0.3) is 0 Å². The van der Waals surface area contributed by atoms with E-state index in [9.17, 15) is 10.4 Å². The van der Waals surface area contributed by atoms with Gasteiger partial charge in [-0.15, -0.1) is 0 Å². The molecule has 1 fully saturated rings. The summed E-state index contributed by atoms with van der Waals surface area (Å²) in [7, 11) is 0. The molecule has 2 nitrogen and oxygen atoms in total. The van der Waals surface area contributed by atoms with Crippen LogP contribution in [0.15, 0.2) is 0 Å². The fraction of sp³-hybridized carbons (Fsp3) is 0.929. The van der Waals surface area contributed by atoms with E-state index in [0.717, 1.165) is 25.7 Å². The summed E-state index contributed by atoms with van der Waals surface area (Å²) in [6.07, 6.45) is 4.65. The first-order chi connectivity index (χ1) is 7.35. The lowest BCUT2D eigenvalue weighted by Gasteiger charge is -2.43. The fourth-order valence-electron chi connectivity index (χ4n) is 3.01. The van der Waals surface area contributed by atoms with Gasteiger partial charge in [-0.25, -0.2) is 0 Å². The molecule has 0 spiro atoms. The average Bonchev–Trinajstić information content (AvgIpc) is 2.26. The highest BCUT2D eigenvalue weighted by molar-refractivity contribution is 5.08. The van der Waals surface area contributed by atoms with Crippen LogP contribution in [0, 0.1) is 28.1 Å². The van der Waals surface area contributed by atoms with Crippen molar-refractivity contribution in [3.8, 4) is 6.07 Å². The molecule has 0 saturated heterocycles. The van der Waals surface area contributed by atoms with E-state index in [1.165, 1.54) is 6.42 Å². The minimum absolute atomic E-state index is 0.203. The normalized spacial score (nSPS) is 33.1. The lowest BCUT2D eigenvalue weighted by atomic mass is 9.61. The molecule has 0 amide bonds. The maximum atomic E-state index is 10.5. The Bertz CT molecular complexity index is 273. The maximum absolute atomic E-state index is 10.5. The van der Waals surface area contributed by atoms with Crippen molar-refractivity contribution >= 4 is 0 Å². The maximum Gasteiger partial charge on any atom is 0.0840 e. The molecule has 1 saturated carbocycles. The van der Waals surface area contributed by atoms with Gasteiger partial charge in [0.25, 0.3) is 0 Å². The molecule has 0 aromatic carbocycles. The molecule has 92 valence electrons. The van der Waals surface area contributed by atoms with E-state index in [1.807, 2.05) is 20.8 Å². The Morgan fingerprint density at radius 3 is 2.56 bits per heavy atom. The van der Waals surface area contributed by atoms with Crippen molar-refractivity contribution in [2.75, 3.05) is 0 Å². The van der Waals surface area contributed by atoms with Crippen molar-refractivity contribution in [2.45, 2.75) is 65.9 Å². The number of nitriles is 1. The molecular weight excluding hydrogens is 198 g/mol. The van der Waals surface area contributed by atoms with Gasteiger partial charge in [-0.05, 0) is 24.2 Å². The third-order valence-corrected chi connectivity index (χ3v) is 4.03. The van der Waals surface area contributed by atoms with E-state index in [1.54, 1.807) is 0 Å². The van der Waals surface area contributed by atoms with Gasteiger partial charge in [0.15, 0.2) is 0 Å². The minimum Gasteiger partial charge on any atom is -0.391 e. The summed E-state index contributed by atoms with van der Waals surface area (Å²) in [6, 6.07) is 2.44. The molecule has 0 aromatic rings. The van der Waals surface area contributed by atoms with E-state index in [-0.39, 0.29) is 5.41 Å². The van der Waals surface area contributed by atoms with Crippen LogP contribution in [-0.4, -0.2) is 11.2 Å². The highest BCUT2D eigenvalue weighted by Gasteiger charge is 2.46. The number of aliphatic hydroxyl groups is 1. The van der Waals surface area contributed by atoms with Crippen molar-refractivity contribution in [1.29, 1.82) is 5.26 Å². The Morgan fingerprint density at radius 1 is 1.50 bits per heavy atom. The first-order valence-corrected chi connectivity index (χ1v) is 6.45. The van der Waals surface area contributed by atoms with E-state index >= 15 is 0 Å². The largest absolute Gasteiger partial charge is 0.391 e. The zero-order chi connectivity index (χ0) is 12.4. The van der Waals surface area contributed by atoms with Gasteiger partial charge < -0.3 is 5.11 Å². The highest BCUT2D eigenvalue weighted by atomic mass is 16.3. The molecule has 1 aliphatic carbocycles. The minimum atomic E-state index is -0.514. The Kier molecular flexibility index (Phi) is 4.02. The lowest BCUT2D eigenvalue weighted by Crippen LogP contribution is -2.45. The summed E-state index contributed by atoms with van der Waals surface area (Å²) in [6.45, 7) is 8.24. The molecule has 0 aliphatic heterocycles. The average molecular weight is 223 g/mol. The van der Waals surface area contributed by atoms with Crippen LogP contribution in [-0.2, 0) is 0 Å². The van der Waals surface area contributed by atoms with Gasteiger partial charge in [-0.2, -0.15) is 5.26 Å². The summed E-state index contributed by atoms with van der Waals surface area (Å²) in [5.41, 5.74) is -0.706. The summed E-state index contributed by atoms with van der Waals surface area (Å²) < 4.78 is 0. The van der Waals surface area contributed by atoms with Crippen molar-refractivity contribution in [2.24, 2.45) is 16.7 Å². The quantitative estimate of drug-likeness (QED) is 0.778. The van der Waals surface area contributed by atoms with Gasteiger partial charge in [0.2, 0.25) is 0 Å². The standard InChI is InChI=1S/C14H25NO/c1-5-11-7-6-8-14(9-11,10-15)12(16)13(2,3)4/h11-12,16H,5-9H2,1-4H3. The summed E-state index contributed by atoms with van der Waals surface area (Å²) >= 11 is 0. The van der Waals surface area contributed by atoms with Gasteiger partial charge in [-0.3, -0.25) is 0 Å². The van der Waals surface area contributed by atoms with Crippen LogP contribution >= 0.6 is 0 Å². The number of nitrogens with zero attached hydrogens (tertiary/aromatic N) is 1. The molecule has 0 heterocycles. The van der Waals surface area contributed by atoms with Crippen LogP contribution in [0.1, 0.15) is 59.8 Å². The zero-order valence-corrected chi connectivity index (χ0v) is 11.1. The van der Waals surface area contributed by atoms with Crippen LogP contribution in [0.3, 0.4) is 0 Å². The van der Waals surface area contributed by atoms with Crippen molar-refractivity contribution in [3.63, 3.8) is 0 Å². The Hall–Kier alpha value is -0.550. The molecule has 3 unspecified atom stereocenters. The van der Waals surface area contributed by atoms with Crippen LogP contribution in [0.5, 0.6) is 0 Å². The molecular formula is C14H25NO. The molecule has 1 rings (SSSR count). The molecule has 1 N–H and O–H groups in total. The fourth-order valence-corrected chi connectivity index (χ4v) is 3.01. The third-order valence-electron chi connectivity index (χ3n) is 4.03. The molecule has 0 radical (unpaired) electrons. The van der Waals surface area contributed by atoms with Gasteiger partial charge >= 0.3 is 0 Å². The lowest BCUT2D eigenvalue weighted by molar-refractivity contribution is -0.0488. The second kappa shape index (κ2) is 4.75. The van der Waals surface area contributed by atoms with E-state index in [4.69, 9.17) is 0 Å². The first kappa shape index (κ1) is 13.5. The van der Waals surface area contributed by atoms with Gasteiger partial charge in [0.05, 0.1) is 17.6 Å². The monoisotopic (exact) mass is 223 g/mol. The van der Waals surface area contributed by atoms with Crippen molar-refractivity contribution < 1.29 is 5.11 Å². The van der Waals surface area contributed by atoms with Crippen LogP contribution < -0.4 is 0 Å². The molecule has 0 bridgehead atoms. The Balaban J connectivity index is 2.90. The van der Waals surface area contributed by atoms with Crippen molar-refractivity contribution in [3.05, 3.63) is 0 Å². The smallest absolute Gasteiger partial charge is 0.0840 e. The topological polar surface area (TPSA) is 44.0 Å². The number of hydrogen-bond acceptors (Lipinski definition) is 2. The molecule has 16 heavy (non-hydrogen) atoms.